The summed E-state index contributed by atoms with van der Waals surface area (Å²) < 4.78 is 0. The molecule has 0 aromatic heterocycles. The largest absolute Gasteiger partial charge is 0.391 e. The highest BCUT2D eigenvalue weighted by Gasteiger charge is 1.87. The van der Waals surface area contributed by atoms with E-state index in [0.717, 1.165) is 13.0 Å². The molecule has 76 valence electrons. The first-order chi connectivity index (χ1) is 7.00. The topological polar surface area (TPSA) is 12.0 Å². The third-order valence-corrected chi connectivity index (χ3v) is 2.06. The Hall–Kier alpha value is -1.24. The van der Waals surface area contributed by atoms with Crippen molar-refractivity contribution in [2.45, 2.75) is 25.7 Å². The second kappa shape index (κ2) is 8.36. The molecule has 0 atom stereocenters. The van der Waals surface area contributed by atoms with Gasteiger partial charge < -0.3 is 5.32 Å². The zero-order valence-corrected chi connectivity index (χ0v) is 8.65. The van der Waals surface area contributed by atoms with Crippen LogP contribution in [0.4, 0.5) is 0 Å². The molecule has 14 heavy (non-hydrogen) atoms. The van der Waals surface area contributed by atoms with Gasteiger partial charge in [-0.05, 0) is 31.9 Å². The average molecular weight is 189 g/mol. The fourth-order valence-corrected chi connectivity index (χ4v) is 1.26. The molecule has 0 fully saturated rings. The van der Waals surface area contributed by atoms with E-state index >= 15 is 0 Å². The molecule has 0 radical (unpaired) electrons. The lowest BCUT2D eigenvalue weighted by Gasteiger charge is -1.90. The van der Waals surface area contributed by atoms with Crippen LogP contribution in [0.3, 0.4) is 0 Å². The van der Waals surface area contributed by atoms with E-state index in [1.165, 1.54) is 19.3 Å². The Morgan fingerprint density at radius 3 is 2.36 bits per heavy atom. The molecule has 1 aliphatic heterocycles. The number of allylic oxidation sites excluding steroid dienone is 7. The summed E-state index contributed by atoms with van der Waals surface area (Å²) in [5.41, 5.74) is 0. The van der Waals surface area contributed by atoms with Gasteiger partial charge in [-0.25, -0.2) is 0 Å². The van der Waals surface area contributed by atoms with Gasteiger partial charge in [0.25, 0.3) is 0 Å². The summed E-state index contributed by atoms with van der Waals surface area (Å²) in [5.74, 6) is 0. The van der Waals surface area contributed by atoms with E-state index in [1.807, 2.05) is 18.4 Å². The van der Waals surface area contributed by atoms with Crippen LogP contribution in [0.2, 0.25) is 0 Å². The maximum absolute atomic E-state index is 3.17. The van der Waals surface area contributed by atoms with Gasteiger partial charge in [-0.2, -0.15) is 0 Å². The van der Waals surface area contributed by atoms with Crippen LogP contribution in [0.25, 0.3) is 0 Å². The van der Waals surface area contributed by atoms with Crippen molar-refractivity contribution < 1.29 is 0 Å². The minimum Gasteiger partial charge on any atom is -0.391 e. The van der Waals surface area contributed by atoms with E-state index in [2.05, 4.69) is 35.7 Å². The standard InChI is InChI=1S/C7H8.C6H11N/c2*1-2-4-6-7-5-3-1/h1-6H,7H2;3,5,7H,1-2,4,6H2. The van der Waals surface area contributed by atoms with E-state index in [1.54, 1.807) is 0 Å². The molecular weight excluding hydrogens is 170 g/mol. The maximum atomic E-state index is 3.17. The Labute approximate surface area is 86.9 Å². The Morgan fingerprint density at radius 2 is 1.57 bits per heavy atom. The summed E-state index contributed by atoms with van der Waals surface area (Å²) in [5, 5.41) is 3.17. The second-order valence-corrected chi connectivity index (χ2v) is 3.33. The summed E-state index contributed by atoms with van der Waals surface area (Å²) in [6, 6.07) is 0. The van der Waals surface area contributed by atoms with Gasteiger partial charge in [0.1, 0.15) is 0 Å². The number of hydrogen-bond acceptors (Lipinski definition) is 1. The molecule has 1 heteroatoms. The molecule has 0 aromatic carbocycles. The third-order valence-electron chi connectivity index (χ3n) is 2.06. The molecule has 1 heterocycles. The van der Waals surface area contributed by atoms with Crippen molar-refractivity contribution >= 4 is 0 Å². The Morgan fingerprint density at radius 1 is 0.786 bits per heavy atom. The lowest BCUT2D eigenvalue weighted by Crippen LogP contribution is -2.03. The third kappa shape index (κ3) is 6.30. The lowest BCUT2D eigenvalue weighted by atomic mass is 10.2. The summed E-state index contributed by atoms with van der Waals surface area (Å²) in [6.07, 6.45) is 21.7. The molecule has 1 nitrogen and oxygen atoms in total. The summed E-state index contributed by atoms with van der Waals surface area (Å²) in [7, 11) is 0. The van der Waals surface area contributed by atoms with Crippen molar-refractivity contribution in [3.8, 4) is 0 Å². The van der Waals surface area contributed by atoms with Crippen LogP contribution in [-0.4, -0.2) is 6.54 Å². The van der Waals surface area contributed by atoms with Gasteiger partial charge in [0.15, 0.2) is 0 Å². The molecule has 2 aliphatic rings. The van der Waals surface area contributed by atoms with Crippen LogP contribution in [-0.2, 0) is 0 Å². The van der Waals surface area contributed by atoms with Crippen LogP contribution in [0, 0.1) is 0 Å². The molecule has 2 rings (SSSR count). The number of nitrogens with one attached hydrogen (secondary N) is 1. The highest BCUT2D eigenvalue weighted by Crippen LogP contribution is 1.97. The minimum absolute atomic E-state index is 1.08. The van der Waals surface area contributed by atoms with Crippen LogP contribution in [0.1, 0.15) is 25.7 Å². The van der Waals surface area contributed by atoms with Crippen molar-refractivity contribution in [3.63, 3.8) is 0 Å². The van der Waals surface area contributed by atoms with Crippen molar-refractivity contribution in [2.75, 3.05) is 6.54 Å². The maximum Gasteiger partial charge on any atom is 0.0141 e. The predicted octanol–water partition coefficient (Wildman–Crippen LogP) is 3.33. The van der Waals surface area contributed by atoms with Crippen molar-refractivity contribution in [3.05, 3.63) is 48.7 Å². The predicted molar refractivity (Wildman–Crippen MR) is 63.0 cm³/mol. The van der Waals surface area contributed by atoms with Crippen molar-refractivity contribution in [1.29, 1.82) is 0 Å². The Kier molecular flexibility index (Phi) is 6.47. The Bertz CT molecular complexity index is 212. The van der Waals surface area contributed by atoms with E-state index < -0.39 is 0 Å². The zero-order valence-electron chi connectivity index (χ0n) is 8.65. The highest BCUT2D eigenvalue weighted by molar-refractivity contribution is 5.16. The van der Waals surface area contributed by atoms with Gasteiger partial charge in [-0.15, -0.1) is 0 Å². The van der Waals surface area contributed by atoms with E-state index in [-0.39, 0.29) is 0 Å². The molecule has 0 spiro atoms. The first kappa shape index (κ1) is 10.8. The van der Waals surface area contributed by atoms with Gasteiger partial charge in [-0.3, -0.25) is 0 Å². The van der Waals surface area contributed by atoms with Gasteiger partial charge in [0.05, 0.1) is 0 Å². The number of hydrogen-bond donors (Lipinski definition) is 1. The molecule has 0 aromatic rings. The first-order valence-electron chi connectivity index (χ1n) is 5.37. The fraction of sp³-hybridized carbons (Fsp3) is 0.385. The molecule has 0 saturated heterocycles. The van der Waals surface area contributed by atoms with E-state index in [9.17, 15) is 0 Å². The molecular formula is C13H19N. The fourth-order valence-electron chi connectivity index (χ4n) is 1.26. The van der Waals surface area contributed by atoms with Crippen LogP contribution >= 0.6 is 0 Å². The normalized spacial score (nSPS) is 18.9. The van der Waals surface area contributed by atoms with Crippen LogP contribution in [0.5, 0.6) is 0 Å². The first-order valence-corrected chi connectivity index (χ1v) is 5.37. The van der Waals surface area contributed by atoms with E-state index in [4.69, 9.17) is 0 Å². The second-order valence-electron chi connectivity index (χ2n) is 3.33. The molecule has 0 bridgehead atoms. The summed E-state index contributed by atoms with van der Waals surface area (Å²) in [4.78, 5) is 0. The Balaban J connectivity index is 0.000000140. The zero-order chi connectivity index (χ0) is 9.90. The number of rotatable bonds is 0. The molecule has 1 N–H and O–H groups in total. The molecule has 1 aliphatic carbocycles. The monoisotopic (exact) mass is 189 g/mol. The van der Waals surface area contributed by atoms with Crippen molar-refractivity contribution in [1.82, 2.24) is 5.32 Å². The molecule has 0 unspecified atom stereocenters. The van der Waals surface area contributed by atoms with Crippen LogP contribution in [0.15, 0.2) is 48.7 Å². The average Bonchev–Trinajstić information content (AvgIpc) is 2.68. The minimum atomic E-state index is 1.08. The quantitative estimate of drug-likeness (QED) is 0.616. The SMILES string of the molecule is C1=CC=CCC=C1.C1=CNCCCC1. The van der Waals surface area contributed by atoms with Gasteiger partial charge in [0.2, 0.25) is 0 Å². The van der Waals surface area contributed by atoms with Gasteiger partial charge in [0, 0.05) is 6.54 Å². The van der Waals surface area contributed by atoms with Gasteiger partial charge >= 0.3 is 0 Å². The lowest BCUT2D eigenvalue weighted by molar-refractivity contribution is 0.730. The smallest absolute Gasteiger partial charge is 0.0141 e. The highest BCUT2D eigenvalue weighted by atomic mass is 14.8. The molecule has 0 amide bonds. The van der Waals surface area contributed by atoms with Crippen LogP contribution < -0.4 is 5.32 Å². The molecule has 0 saturated carbocycles. The summed E-state index contributed by atoms with van der Waals surface area (Å²) >= 11 is 0. The van der Waals surface area contributed by atoms with Crippen molar-refractivity contribution in [2.24, 2.45) is 0 Å². The van der Waals surface area contributed by atoms with E-state index in [0.29, 0.717) is 0 Å². The van der Waals surface area contributed by atoms with Gasteiger partial charge in [-0.1, -0.05) is 42.5 Å². The summed E-state index contributed by atoms with van der Waals surface area (Å²) in [6.45, 7) is 1.16.